The molecular formula is C7H8N2. The summed E-state index contributed by atoms with van der Waals surface area (Å²) in [6.45, 7) is 6.79. The van der Waals surface area contributed by atoms with Crippen molar-refractivity contribution in [2.24, 2.45) is 5.73 Å². The first-order chi connectivity index (χ1) is 4.26. The van der Waals surface area contributed by atoms with Crippen molar-refractivity contribution in [3.63, 3.8) is 0 Å². The van der Waals surface area contributed by atoms with Crippen LogP contribution in [0.4, 0.5) is 0 Å². The van der Waals surface area contributed by atoms with E-state index in [0.717, 1.165) is 0 Å². The molecule has 0 aliphatic rings. The van der Waals surface area contributed by atoms with E-state index < -0.39 is 0 Å². The van der Waals surface area contributed by atoms with Gasteiger partial charge in [0.15, 0.2) is 0 Å². The quantitative estimate of drug-likeness (QED) is 0.438. The highest BCUT2D eigenvalue weighted by Gasteiger charge is 1.90. The monoisotopic (exact) mass is 120 g/mol. The molecule has 0 heterocycles. The first kappa shape index (κ1) is 7.51. The Morgan fingerprint density at radius 2 is 2.00 bits per heavy atom. The summed E-state index contributed by atoms with van der Waals surface area (Å²) in [5.74, 6) is 0. The Labute approximate surface area is 54.6 Å². The van der Waals surface area contributed by atoms with Crippen molar-refractivity contribution in [1.82, 2.24) is 0 Å². The van der Waals surface area contributed by atoms with E-state index in [1.54, 1.807) is 0 Å². The van der Waals surface area contributed by atoms with Gasteiger partial charge in [-0.3, -0.25) is 0 Å². The molecule has 0 aliphatic carbocycles. The Morgan fingerprint density at radius 1 is 1.44 bits per heavy atom. The maximum Gasteiger partial charge on any atom is 0.101 e. The molecule has 0 saturated carbocycles. The lowest BCUT2D eigenvalue weighted by atomic mass is 10.2. The van der Waals surface area contributed by atoms with E-state index in [1.165, 1.54) is 12.2 Å². The van der Waals surface area contributed by atoms with Gasteiger partial charge in [0.1, 0.15) is 6.07 Å². The van der Waals surface area contributed by atoms with Crippen LogP contribution >= 0.6 is 0 Å². The molecule has 0 rings (SSSR count). The minimum absolute atomic E-state index is 0.366. The molecule has 46 valence electrons. The smallest absolute Gasteiger partial charge is 0.101 e. The van der Waals surface area contributed by atoms with Crippen molar-refractivity contribution >= 4 is 0 Å². The van der Waals surface area contributed by atoms with E-state index in [2.05, 4.69) is 13.2 Å². The summed E-state index contributed by atoms with van der Waals surface area (Å²) in [4.78, 5) is 0. The lowest BCUT2D eigenvalue weighted by molar-refractivity contribution is 1.37. The average molecular weight is 120 g/mol. The molecule has 9 heavy (non-hydrogen) atoms. The Kier molecular flexibility index (Phi) is 2.92. The average Bonchev–Trinajstić information content (AvgIpc) is 1.90. The Hall–Kier alpha value is -1.49. The number of nitrogens with two attached hydrogens (primary N) is 1. The van der Waals surface area contributed by atoms with Crippen LogP contribution in [0.15, 0.2) is 36.6 Å². The van der Waals surface area contributed by atoms with E-state index in [0.29, 0.717) is 11.3 Å². The van der Waals surface area contributed by atoms with Gasteiger partial charge in [-0.15, -0.1) is 0 Å². The number of nitriles is 1. The standard InChI is InChI=1S/C7H8N2/c1-3-6(5-8)7(9)4-2/h3-4H,1-2,9H2/b7-6-. The number of nitrogens with zero attached hydrogens (tertiary/aromatic N) is 1. The van der Waals surface area contributed by atoms with Crippen LogP contribution in [-0.2, 0) is 0 Å². The zero-order valence-corrected chi connectivity index (χ0v) is 5.09. The predicted octanol–water partition coefficient (Wildman–Crippen LogP) is 1.09. The molecule has 0 spiro atoms. The molecule has 0 radical (unpaired) electrons. The van der Waals surface area contributed by atoms with Gasteiger partial charge in [-0.05, 0) is 12.2 Å². The van der Waals surface area contributed by atoms with Crippen LogP contribution in [0.25, 0.3) is 0 Å². The van der Waals surface area contributed by atoms with E-state index in [4.69, 9.17) is 11.0 Å². The van der Waals surface area contributed by atoms with Crippen molar-refractivity contribution in [1.29, 1.82) is 5.26 Å². The molecule has 0 saturated heterocycles. The lowest BCUT2D eigenvalue weighted by Crippen LogP contribution is -1.95. The second-order valence-electron chi connectivity index (χ2n) is 1.39. The van der Waals surface area contributed by atoms with Gasteiger partial charge in [-0.2, -0.15) is 5.26 Å². The predicted molar refractivity (Wildman–Crippen MR) is 37.2 cm³/mol. The third-order valence-corrected chi connectivity index (χ3v) is 0.855. The van der Waals surface area contributed by atoms with Crippen molar-refractivity contribution < 1.29 is 0 Å². The zero-order valence-electron chi connectivity index (χ0n) is 5.09. The summed E-state index contributed by atoms with van der Waals surface area (Å²) in [5.41, 5.74) is 6.04. The van der Waals surface area contributed by atoms with E-state index in [-0.39, 0.29) is 0 Å². The Bertz CT molecular complexity index is 193. The van der Waals surface area contributed by atoms with Gasteiger partial charge in [0, 0.05) is 5.70 Å². The minimum Gasteiger partial charge on any atom is -0.398 e. The Morgan fingerprint density at radius 3 is 2.11 bits per heavy atom. The minimum atomic E-state index is 0.366. The highest BCUT2D eigenvalue weighted by molar-refractivity contribution is 5.39. The molecule has 2 nitrogen and oxygen atoms in total. The maximum absolute atomic E-state index is 8.32. The number of rotatable bonds is 2. The van der Waals surface area contributed by atoms with Crippen LogP contribution in [0.3, 0.4) is 0 Å². The fourth-order valence-electron chi connectivity index (χ4n) is 0.338. The summed E-state index contributed by atoms with van der Waals surface area (Å²) in [6.07, 6.45) is 2.82. The van der Waals surface area contributed by atoms with Crippen LogP contribution in [0.1, 0.15) is 0 Å². The summed E-state index contributed by atoms with van der Waals surface area (Å²) in [7, 11) is 0. The van der Waals surface area contributed by atoms with Crippen LogP contribution in [0.2, 0.25) is 0 Å². The van der Waals surface area contributed by atoms with E-state index >= 15 is 0 Å². The number of hydrogen-bond acceptors (Lipinski definition) is 2. The molecular weight excluding hydrogens is 112 g/mol. The maximum atomic E-state index is 8.32. The van der Waals surface area contributed by atoms with Crippen molar-refractivity contribution in [2.45, 2.75) is 0 Å². The number of hydrogen-bond donors (Lipinski definition) is 1. The van der Waals surface area contributed by atoms with Gasteiger partial charge in [0.2, 0.25) is 0 Å². The third-order valence-electron chi connectivity index (χ3n) is 0.855. The molecule has 2 heteroatoms. The molecule has 0 unspecified atom stereocenters. The van der Waals surface area contributed by atoms with Gasteiger partial charge in [0.05, 0.1) is 5.57 Å². The summed E-state index contributed by atoms with van der Waals surface area (Å²) in [5, 5.41) is 8.32. The van der Waals surface area contributed by atoms with E-state index in [9.17, 15) is 0 Å². The van der Waals surface area contributed by atoms with Gasteiger partial charge < -0.3 is 5.73 Å². The van der Waals surface area contributed by atoms with Crippen LogP contribution in [-0.4, -0.2) is 0 Å². The van der Waals surface area contributed by atoms with Gasteiger partial charge in [-0.25, -0.2) is 0 Å². The Balaban J connectivity index is 4.63. The first-order valence-corrected chi connectivity index (χ1v) is 2.41. The second-order valence-corrected chi connectivity index (χ2v) is 1.39. The topological polar surface area (TPSA) is 49.8 Å². The van der Waals surface area contributed by atoms with Crippen LogP contribution < -0.4 is 5.73 Å². The van der Waals surface area contributed by atoms with Crippen molar-refractivity contribution in [3.8, 4) is 6.07 Å². The third kappa shape index (κ3) is 1.83. The highest BCUT2D eigenvalue weighted by atomic mass is 14.6. The SMILES string of the molecule is C=C/C(N)=C(/C#N)C=C. The largest absolute Gasteiger partial charge is 0.398 e. The van der Waals surface area contributed by atoms with E-state index in [1.807, 2.05) is 6.07 Å². The van der Waals surface area contributed by atoms with Crippen LogP contribution in [0, 0.1) is 11.3 Å². The lowest BCUT2D eigenvalue weighted by Gasteiger charge is -1.90. The molecule has 0 aliphatic heterocycles. The normalized spacial score (nSPS) is 11.0. The molecule has 0 amide bonds. The molecule has 0 aromatic carbocycles. The van der Waals surface area contributed by atoms with Crippen molar-refractivity contribution in [2.75, 3.05) is 0 Å². The second kappa shape index (κ2) is 3.50. The fraction of sp³-hybridized carbons (Fsp3) is 0. The van der Waals surface area contributed by atoms with Crippen molar-refractivity contribution in [3.05, 3.63) is 36.6 Å². The molecule has 0 aromatic heterocycles. The molecule has 2 N–H and O–H groups in total. The first-order valence-electron chi connectivity index (χ1n) is 2.41. The molecule has 0 fully saturated rings. The fourth-order valence-corrected chi connectivity index (χ4v) is 0.338. The summed E-state index contributed by atoms with van der Waals surface area (Å²) < 4.78 is 0. The zero-order chi connectivity index (χ0) is 7.28. The van der Waals surface area contributed by atoms with Gasteiger partial charge in [0.25, 0.3) is 0 Å². The molecule has 0 aromatic rings. The van der Waals surface area contributed by atoms with Crippen LogP contribution in [0.5, 0.6) is 0 Å². The van der Waals surface area contributed by atoms with Gasteiger partial charge >= 0.3 is 0 Å². The molecule has 0 bridgehead atoms. The number of allylic oxidation sites excluding steroid dienone is 3. The van der Waals surface area contributed by atoms with Gasteiger partial charge in [-0.1, -0.05) is 13.2 Å². The molecule has 0 atom stereocenters. The summed E-state index contributed by atoms with van der Waals surface area (Å²) >= 11 is 0. The highest BCUT2D eigenvalue weighted by Crippen LogP contribution is 1.97. The summed E-state index contributed by atoms with van der Waals surface area (Å²) in [6, 6.07) is 1.87.